The minimum Gasteiger partial charge on any atom is -0.341 e. The molecule has 2 aliphatic heterocycles. The monoisotopic (exact) mass is 324 g/mol. The molecule has 0 N–H and O–H groups in total. The van der Waals surface area contributed by atoms with Gasteiger partial charge in [0.25, 0.3) is 5.91 Å². The van der Waals surface area contributed by atoms with E-state index in [1.807, 2.05) is 11.0 Å². The molecule has 2 aromatic heterocycles. The highest BCUT2D eigenvalue weighted by atomic mass is 16.2. The van der Waals surface area contributed by atoms with E-state index in [9.17, 15) is 4.79 Å². The lowest BCUT2D eigenvalue weighted by Gasteiger charge is -2.22. The number of carbonyl (C=O) groups excluding carboxylic acids is 1. The van der Waals surface area contributed by atoms with Gasteiger partial charge in [0, 0.05) is 51.0 Å². The molecule has 0 aliphatic carbocycles. The van der Waals surface area contributed by atoms with Gasteiger partial charge in [0.15, 0.2) is 0 Å². The Morgan fingerprint density at radius 2 is 1.62 bits per heavy atom. The summed E-state index contributed by atoms with van der Waals surface area (Å²) in [6.07, 6.45) is 10.4. The van der Waals surface area contributed by atoms with Crippen molar-refractivity contribution >= 4 is 11.9 Å². The van der Waals surface area contributed by atoms with Crippen LogP contribution in [0.2, 0.25) is 0 Å². The van der Waals surface area contributed by atoms with Crippen molar-refractivity contribution in [3.05, 3.63) is 42.7 Å². The Labute approximate surface area is 140 Å². The Morgan fingerprint density at radius 3 is 2.25 bits per heavy atom. The molecule has 0 bridgehead atoms. The topological polar surface area (TPSA) is 75.1 Å². The number of likely N-dealkylation sites (tertiary alicyclic amines) is 1. The molecule has 4 rings (SSSR count). The molecule has 2 atom stereocenters. The number of rotatable bonds is 2. The quantitative estimate of drug-likeness (QED) is 0.828. The molecule has 24 heavy (non-hydrogen) atoms. The Hall–Kier alpha value is -2.57. The number of aromatic nitrogens is 4. The fourth-order valence-corrected chi connectivity index (χ4v) is 3.76. The molecular formula is C17H20N6O. The lowest BCUT2D eigenvalue weighted by atomic mass is 9.92. The Balaban J connectivity index is 1.41. The van der Waals surface area contributed by atoms with Crippen molar-refractivity contribution < 1.29 is 4.79 Å². The van der Waals surface area contributed by atoms with Crippen LogP contribution in [0.5, 0.6) is 0 Å². The summed E-state index contributed by atoms with van der Waals surface area (Å²) >= 11 is 0. The third-order valence-corrected chi connectivity index (χ3v) is 5.05. The Bertz CT molecular complexity index is 679. The number of anilines is 1. The van der Waals surface area contributed by atoms with Gasteiger partial charge in [-0.15, -0.1) is 0 Å². The van der Waals surface area contributed by atoms with E-state index in [0.717, 1.165) is 45.0 Å². The predicted molar refractivity (Wildman–Crippen MR) is 88.4 cm³/mol. The van der Waals surface area contributed by atoms with Crippen molar-refractivity contribution in [3.63, 3.8) is 0 Å². The molecule has 7 heteroatoms. The minimum atomic E-state index is 0.0481. The molecule has 7 nitrogen and oxygen atoms in total. The second-order valence-electron chi connectivity index (χ2n) is 6.47. The fraction of sp³-hybridized carbons (Fsp3) is 0.471. The highest BCUT2D eigenvalue weighted by Gasteiger charge is 2.37. The zero-order chi connectivity index (χ0) is 16.4. The molecule has 0 saturated carbocycles. The summed E-state index contributed by atoms with van der Waals surface area (Å²) in [5.41, 5.74) is 0.577. The molecule has 0 aromatic carbocycles. The molecule has 2 aliphatic rings. The molecule has 124 valence electrons. The molecule has 0 unspecified atom stereocenters. The van der Waals surface area contributed by atoms with Crippen molar-refractivity contribution in [1.82, 2.24) is 24.8 Å². The molecule has 1 amide bonds. The number of amides is 1. The lowest BCUT2D eigenvalue weighted by molar-refractivity contribution is 0.0782. The van der Waals surface area contributed by atoms with Gasteiger partial charge in [-0.05, 0) is 30.7 Å². The van der Waals surface area contributed by atoms with Gasteiger partial charge in [-0.3, -0.25) is 4.79 Å². The summed E-state index contributed by atoms with van der Waals surface area (Å²) in [5.74, 6) is 1.96. The summed E-state index contributed by atoms with van der Waals surface area (Å²) in [6.45, 7) is 3.53. The maximum absolute atomic E-state index is 12.6. The van der Waals surface area contributed by atoms with E-state index in [1.165, 1.54) is 6.33 Å². The number of fused-ring (bicyclic) bond motifs is 1. The van der Waals surface area contributed by atoms with Gasteiger partial charge in [-0.2, -0.15) is 0 Å². The van der Waals surface area contributed by atoms with Crippen LogP contribution in [-0.2, 0) is 0 Å². The van der Waals surface area contributed by atoms with Gasteiger partial charge in [0.1, 0.15) is 6.33 Å². The third kappa shape index (κ3) is 2.93. The first-order valence-electron chi connectivity index (χ1n) is 8.37. The maximum Gasteiger partial charge on any atom is 0.257 e. The van der Waals surface area contributed by atoms with Crippen LogP contribution in [-0.4, -0.2) is 56.9 Å². The van der Waals surface area contributed by atoms with Crippen LogP contribution in [0.4, 0.5) is 5.95 Å². The molecule has 0 radical (unpaired) electrons. The van der Waals surface area contributed by atoms with Gasteiger partial charge in [0.2, 0.25) is 5.95 Å². The highest BCUT2D eigenvalue weighted by Crippen LogP contribution is 2.33. The summed E-state index contributed by atoms with van der Waals surface area (Å²) in [7, 11) is 0. The largest absolute Gasteiger partial charge is 0.341 e. The maximum atomic E-state index is 12.6. The van der Waals surface area contributed by atoms with E-state index in [1.54, 1.807) is 24.8 Å². The van der Waals surface area contributed by atoms with E-state index >= 15 is 0 Å². The average molecular weight is 324 g/mol. The van der Waals surface area contributed by atoms with Crippen LogP contribution in [0.1, 0.15) is 23.2 Å². The van der Waals surface area contributed by atoms with Crippen LogP contribution >= 0.6 is 0 Å². The highest BCUT2D eigenvalue weighted by molar-refractivity contribution is 5.93. The van der Waals surface area contributed by atoms with Gasteiger partial charge in [-0.25, -0.2) is 19.9 Å². The first-order valence-corrected chi connectivity index (χ1v) is 8.37. The number of nitrogens with zero attached hydrogens (tertiary/aromatic N) is 6. The van der Waals surface area contributed by atoms with Crippen LogP contribution in [0, 0.1) is 11.8 Å². The lowest BCUT2D eigenvalue weighted by Crippen LogP contribution is -2.31. The van der Waals surface area contributed by atoms with Gasteiger partial charge in [0.05, 0.1) is 5.56 Å². The first kappa shape index (κ1) is 15.0. The zero-order valence-corrected chi connectivity index (χ0v) is 13.5. The molecule has 0 spiro atoms. The van der Waals surface area contributed by atoms with Crippen LogP contribution in [0.15, 0.2) is 37.2 Å². The summed E-state index contributed by atoms with van der Waals surface area (Å²) in [6, 6.07) is 1.84. The van der Waals surface area contributed by atoms with Gasteiger partial charge in [-0.1, -0.05) is 0 Å². The van der Waals surface area contributed by atoms with E-state index in [4.69, 9.17) is 0 Å². The summed E-state index contributed by atoms with van der Waals surface area (Å²) in [4.78, 5) is 33.4. The third-order valence-electron chi connectivity index (χ3n) is 5.05. The van der Waals surface area contributed by atoms with Gasteiger partial charge < -0.3 is 9.80 Å². The van der Waals surface area contributed by atoms with Crippen molar-refractivity contribution in [2.75, 3.05) is 31.1 Å². The zero-order valence-electron chi connectivity index (χ0n) is 13.5. The van der Waals surface area contributed by atoms with Crippen LogP contribution in [0.3, 0.4) is 0 Å². The summed E-state index contributed by atoms with van der Waals surface area (Å²) in [5, 5.41) is 0. The number of hydrogen-bond donors (Lipinski definition) is 0. The Morgan fingerprint density at radius 1 is 1.00 bits per heavy atom. The molecule has 2 fully saturated rings. The second-order valence-corrected chi connectivity index (χ2v) is 6.47. The second kappa shape index (κ2) is 6.51. The van der Waals surface area contributed by atoms with E-state index < -0.39 is 0 Å². The van der Waals surface area contributed by atoms with Crippen LogP contribution < -0.4 is 4.90 Å². The molecule has 4 heterocycles. The standard InChI is InChI=1S/C17H20N6O/c24-16(15-8-18-12-19-9-15)23-10-13-2-6-22(7-3-14(13)11-23)17-20-4-1-5-21-17/h1,4-5,8-9,12-14H,2-3,6-7,10-11H2/t13-,14+. The van der Waals surface area contributed by atoms with Crippen molar-refractivity contribution in [2.24, 2.45) is 11.8 Å². The van der Waals surface area contributed by atoms with E-state index in [0.29, 0.717) is 17.4 Å². The minimum absolute atomic E-state index is 0.0481. The van der Waals surface area contributed by atoms with Gasteiger partial charge >= 0.3 is 0 Å². The summed E-state index contributed by atoms with van der Waals surface area (Å²) < 4.78 is 0. The van der Waals surface area contributed by atoms with Crippen molar-refractivity contribution in [3.8, 4) is 0 Å². The molecule has 2 aromatic rings. The predicted octanol–water partition coefficient (Wildman–Crippen LogP) is 1.26. The molecule has 2 saturated heterocycles. The molecular weight excluding hydrogens is 304 g/mol. The average Bonchev–Trinajstić information content (AvgIpc) is 2.96. The number of hydrogen-bond acceptors (Lipinski definition) is 6. The first-order chi connectivity index (χ1) is 11.8. The normalized spacial score (nSPS) is 23.7. The Kier molecular flexibility index (Phi) is 4.06. The number of carbonyl (C=O) groups is 1. The smallest absolute Gasteiger partial charge is 0.257 e. The van der Waals surface area contributed by atoms with Crippen molar-refractivity contribution in [1.29, 1.82) is 0 Å². The van der Waals surface area contributed by atoms with Crippen molar-refractivity contribution in [2.45, 2.75) is 12.8 Å². The SMILES string of the molecule is O=C(c1cncnc1)N1C[C@H]2CCN(c3ncccn3)CC[C@H]2C1. The van der Waals surface area contributed by atoms with E-state index in [2.05, 4.69) is 24.8 Å². The van der Waals surface area contributed by atoms with Crippen LogP contribution in [0.25, 0.3) is 0 Å². The fourth-order valence-electron chi connectivity index (χ4n) is 3.76. The van der Waals surface area contributed by atoms with E-state index in [-0.39, 0.29) is 5.91 Å².